The maximum Gasteiger partial charge on any atom is 0.329 e. The first kappa shape index (κ1) is 17.7. The molecule has 1 heterocycles. The van der Waals surface area contributed by atoms with Crippen LogP contribution in [0.3, 0.4) is 0 Å². The van der Waals surface area contributed by atoms with Crippen LogP contribution in [0.1, 0.15) is 32.1 Å². The molecule has 1 aliphatic heterocycles. The zero-order valence-electron chi connectivity index (χ0n) is 12.7. The van der Waals surface area contributed by atoms with Gasteiger partial charge in [-0.05, 0) is 32.1 Å². The summed E-state index contributed by atoms with van der Waals surface area (Å²) in [6.45, 7) is 2.40. The Kier molecular flexibility index (Phi) is 8.77. The minimum atomic E-state index is -0.955. The smallest absolute Gasteiger partial charge is 0.329 e. The fourth-order valence-electron chi connectivity index (χ4n) is 2.27. The van der Waals surface area contributed by atoms with E-state index in [4.69, 9.17) is 14.6 Å². The minimum absolute atomic E-state index is 0.0431. The van der Waals surface area contributed by atoms with Crippen molar-refractivity contribution in [2.75, 3.05) is 40.0 Å². The molecule has 1 fully saturated rings. The van der Waals surface area contributed by atoms with E-state index >= 15 is 0 Å². The molecule has 0 aromatic heterocycles. The summed E-state index contributed by atoms with van der Waals surface area (Å²) >= 11 is 0. The predicted octanol–water partition coefficient (Wildman–Crippen LogP) is 1.08. The van der Waals surface area contributed by atoms with Crippen molar-refractivity contribution >= 4 is 12.0 Å². The first-order valence-corrected chi connectivity index (χ1v) is 7.48. The second-order valence-corrected chi connectivity index (χ2v) is 5.18. The van der Waals surface area contributed by atoms with E-state index in [-0.39, 0.29) is 18.7 Å². The molecule has 0 radical (unpaired) electrons. The van der Waals surface area contributed by atoms with Crippen molar-refractivity contribution in [2.45, 2.75) is 38.2 Å². The number of ether oxygens (including phenoxy) is 2. The molecule has 0 atom stereocenters. The average molecular weight is 302 g/mol. The van der Waals surface area contributed by atoms with Crippen LogP contribution in [-0.2, 0) is 14.3 Å². The van der Waals surface area contributed by atoms with Gasteiger partial charge in [0.1, 0.15) is 6.61 Å². The van der Waals surface area contributed by atoms with Gasteiger partial charge < -0.3 is 24.8 Å². The summed E-state index contributed by atoms with van der Waals surface area (Å²) in [5.41, 5.74) is 0. The number of unbranched alkanes of at least 4 members (excludes halogenated alkanes) is 2. The fraction of sp³-hybridized carbons (Fsp3) is 0.857. The number of methoxy groups -OCH3 is 1. The Balaban J connectivity index is 2.07. The van der Waals surface area contributed by atoms with Crippen molar-refractivity contribution in [3.8, 4) is 0 Å². The van der Waals surface area contributed by atoms with Gasteiger partial charge in [0.15, 0.2) is 0 Å². The number of nitrogens with one attached hydrogen (secondary N) is 1. The third-order valence-corrected chi connectivity index (χ3v) is 3.47. The number of nitrogens with zero attached hydrogens (tertiary/aromatic N) is 1. The Bertz CT molecular complexity index is 316. The van der Waals surface area contributed by atoms with E-state index in [1.807, 2.05) is 0 Å². The van der Waals surface area contributed by atoms with Crippen LogP contribution in [0.2, 0.25) is 0 Å². The molecule has 1 saturated heterocycles. The summed E-state index contributed by atoms with van der Waals surface area (Å²) < 4.78 is 10.2. The van der Waals surface area contributed by atoms with Crippen LogP contribution in [0.5, 0.6) is 0 Å². The molecule has 0 aromatic carbocycles. The topological polar surface area (TPSA) is 88.1 Å². The third-order valence-electron chi connectivity index (χ3n) is 3.47. The van der Waals surface area contributed by atoms with Crippen LogP contribution in [-0.4, -0.2) is 68.1 Å². The molecule has 0 saturated carbocycles. The number of rotatable bonds is 9. The van der Waals surface area contributed by atoms with E-state index in [1.54, 1.807) is 12.0 Å². The summed E-state index contributed by atoms with van der Waals surface area (Å²) in [5, 5.41) is 11.5. The van der Waals surface area contributed by atoms with Gasteiger partial charge in [-0.1, -0.05) is 0 Å². The zero-order valence-corrected chi connectivity index (χ0v) is 12.7. The van der Waals surface area contributed by atoms with Crippen molar-refractivity contribution < 1.29 is 24.2 Å². The molecular weight excluding hydrogens is 276 g/mol. The van der Waals surface area contributed by atoms with Crippen molar-refractivity contribution in [1.29, 1.82) is 0 Å². The molecule has 0 unspecified atom stereocenters. The van der Waals surface area contributed by atoms with Gasteiger partial charge in [0, 0.05) is 33.4 Å². The lowest BCUT2D eigenvalue weighted by molar-refractivity contribution is -0.145. The monoisotopic (exact) mass is 302 g/mol. The maximum atomic E-state index is 11.9. The van der Waals surface area contributed by atoms with Gasteiger partial charge in [-0.15, -0.1) is 0 Å². The van der Waals surface area contributed by atoms with Crippen LogP contribution in [0.25, 0.3) is 0 Å². The van der Waals surface area contributed by atoms with Crippen LogP contribution >= 0.6 is 0 Å². The van der Waals surface area contributed by atoms with Crippen LogP contribution in [0.4, 0.5) is 4.79 Å². The van der Waals surface area contributed by atoms with Crippen LogP contribution in [0, 0.1) is 0 Å². The second kappa shape index (κ2) is 10.4. The highest BCUT2D eigenvalue weighted by atomic mass is 16.5. The minimum Gasteiger partial charge on any atom is -0.480 e. The Morgan fingerprint density at radius 3 is 2.57 bits per heavy atom. The first-order chi connectivity index (χ1) is 10.1. The van der Waals surface area contributed by atoms with E-state index in [0.29, 0.717) is 32.5 Å². The molecule has 0 spiro atoms. The molecule has 0 aliphatic carbocycles. The quantitative estimate of drug-likeness (QED) is 0.622. The first-order valence-electron chi connectivity index (χ1n) is 7.48. The number of piperidine rings is 1. The molecule has 122 valence electrons. The van der Waals surface area contributed by atoms with Gasteiger partial charge in [0.25, 0.3) is 0 Å². The number of hydrogen-bond acceptors (Lipinski definition) is 4. The van der Waals surface area contributed by atoms with Gasteiger partial charge in [-0.25, -0.2) is 9.59 Å². The standard InChI is InChI=1S/C14H26N2O5/c1-20-10-4-2-3-7-15-14(19)16-8-5-12(6-9-16)21-11-13(17)18/h12H,2-11H2,1H3,(H,15,19)(H,17,18). The van der Waals surface area contributed by atoms with E-state index in [0.717, 1.165) is 25.9 Å². The summed E-state index contributed by atoms with van der Waals surface area (Å²) in [5.74, 6) is -0.955. The second-order valence-electron chi connectivity index (χ2n) is 5.18. The Hall–Kier alpha value is -1.34. The van der Waals surface area contributed by atoms with Gasteiger partial charge in [-0.3, -0.25) is 0 Å². The van der Waals surface area contributed by atoms with Crippen molar-refractivity contribution in [2.24, 2.45) is 0 Å². The third kappa shape index (κ3) is 7.87. The van der Waals surface area contributed by atoms with E-state index in [9.17, 15) is 9.59 Å². The molecule has 1 rings (SSSR count). The summed E-state index contributed by atoms with van der Waals surface area (Å²) in [6, 6.07) is -0.0431. The number of carboxylic acids is 1. The molecule has 7 nitrogen and oxygen atoms in total. The van der Waals surface area contributed by atoms with Crippen LogP contribution < -0.4 is 5.32 Å². The van der Waals surface area contributed by atoms with Crippen molar-refractivity contribution in [3.63, 3.8) is 0 Å². The van der Waals surface area contributed by atoms with Gasteiger partial charge in [-0.2, -0.15) is 0 Å². The van der Waals surface area contributed by atoms with Crippen molar-refractivity contribution in [3.05, 3.63) is 0 Å². The Morgan fingerprint density at radius 1 is 1.24 bits per heavy atom. The number of likely N-dealkylation sites (tertiary alicyclic amines) is 1. The summed E-state index contributed by atoms with van der Waals surface area (Å²) in [4.78, 5) is 24.1. The Morgan fingerprint density at radius 2 is 1.95 bits per heavy atom. The molecular formula is C14H26N2O5. The highest BCUT2D eigenvalue weighted by molar-refractivity contribution is 5.74. The van der Waals surface area contributed by atoms with Crippen molar-refractivity contribution in [1.82, 2.24) is 10.2 Å². The predicted molar refractivity (Wildman–Crippen MR) is 77.3 cm³/mol. The molecule has 0 aromatic rings. The zero-order chi connectivity index (χ0) is 15.5. The number of aliphatic carboxylic acids is 1. The molecule has 0 bridgehead atoms. The number of urea groups is 1. The molecule has 21 heavy (non-hydrogen) atoms. The van der Waals surface area contributed by atoms with Gasteiger partial charge in [0.2, 0.25) is 0 Å². The van der Waals surface area contributed by atoms with E-state index in [1.165, 1.54) is 0 Å². The number of hydrogen-bond donors (Lipinski definition) is 2. The highest BCUT2D eigenvalue weighted by Gasteiger charge is 2.23. The SMILES string of the molecule is COCCCCCNC(=O)N1CCC(OCC(=O)O)CC1. The van der Waals surface area contributed by atoms with Crippen LogP contribution in [0.15, 0.2) is 0 Å². The molecule has 2 amide bonds. The fourth-order valence-corrected chi connectivity index (χ4v) is 2.27. The lowest BCUT2D eigenvalue weighted by Gasteiger charge is -2.31. The summed E-state index contributed by atoms with van der Waals surface area (Å²) in [7, 11) is 1.69. The van der Waals surface area contributed by atoms with E-state index in [2.05, 4.69) is 5.32 Å². The average Bonchev–Trinajstić information content (AvgIpc) is 2.49. The summed E-state index contributed by atoms with van der Waals surface area (Å²) in [6.07, 6.45) is 4.33. The Labute approximate surface area is 125 Å². The number of carbonyl (C=O) groups excluding carboxylic acids is 1. The number of amides is 2. The maximum absolute atomic E-state index is 11.9. The lowest BCUT2D eigenvalue weighted by Crippen LogP contribution is -2.46. The molecule has 1 aliphatic rings. The number of carbonyl (C=O) groups is 2. The van der Waals surface area contributed by atoms with Gasteiger partial charge in [0.05, 0.1) is 6.10 Å². The normalized spacial score (nSPS) is 16.0. The largest absolute Gasteiger partial charge is 0.480 e. The highest BCUT2D eigenvalue weighted by Crippen LogP contribution is 2.13. The van der Waals surface area contributed by atoms with Gasteiger partial charge >= 0.3 is 12.0 Å². The van der Waals surface area contributed by atoms with E-state index < -0.39 is 5.97 Å². The molecule has 2 N–H and O–H groups in total. The lowest BCUT2D eigenvalue weighted by atomic mass is 10.1. The number of carboxylic acid groups (broad SMARTS) is 1. The molecule has 7 heteroatoms.